The van der Waals surface area contributed by atoms with Crippen molar-refractivity contribution in [1.82, 2.24) is 0 Å². The fraction of sp³-hybridized carbons (Fsp3) is 0.385. The minimum atomic E-state index is -2.76. The molecule has 4 nitrogen and oxygen atoms in total. The Morgan fingerprint density at radius 2 is 2.16 bits per heavy atom. The molecule has 0 saturated heterocycles. The molecule has 0 aliphatic heterocycles. The minimum Gasteiger partial charge on any atom is -0.495 e. The van der Waals surface area contributed by atoms with E-state index in [1.54, 1.807) is 6.92 Å². The summed E-state index contributed by atoms with van der Waals surface area (Å²) in [5.74, 6) is -0.552. The van der Waals surface area contributed by atoms with Crippen molar-refractivity contribution < 1.29 is 23.0 Å². The molecule has 1 rings (SSSR count). The Labute approximate surface area is 109 Å². The summed E-state index contributed by atoms with van der Waals surface area (Å²) in [5, 5.41) is 8.91. The van der Waals surface area contributed by atoms with Crippen LogP contribution in [0.25, 0.3) is 0 Å². The molecule has 0 radical (unpaired) electrons. The molecule has 1 aromatic rings. The first-order valence-corrected chi connectivity index (χ1v) is 5.58. The van der Waals surface area contributed by atoms with Gasteiger partial charge in [-0.1, -0.05) is 0 Å². The first-order chi connectivity index (χ1) is 9.03. The van der Waals surface area contributed by atoms with Gasteiger partial charge in [0.25, 0.3) is 6.43 Å². The molecule has 0 unspecified atom stereocenters. The molecule has 0 N–H and O–H groups in total. The van der Waals surface area contributed by atoms with Crippen LogP contribution in [0.5, 0.6) is 5.75 Å². The van der Waals surface area contributed by atoms with Gasteiger partial charge in [-0.2, -0.15) is 5.26 Å². The third-order valence-corrected chi connectivity index (χ3v) is 2.46. The molecule has 0 aromatic heterocycles. The number of carbonyl (C=O) groups is 1. The fourth-order valence-electron chi connectivity index (χ4n) is 1.62. The Morgan fingerprint density at radius 3 is 2.63 bits per heavy atom. The number of alkyl halides is 2. The molecular weight excluding hydrogens is 256 g/mol. The smallest absolute Gasteiger partial charge is 0.310 e. The Hall–Kier alpha value is -2.16. The molecule has 0 bridgehead atoms. The van der Waals surface area contributed by atoms with Crippen molar-refractivity contribution in [1.29, 1.82) is 5.26 Å². The number of hydrogen-bond acceptors (Lipinski definition) is 4. The zero-order valence-electron chi connectivity index (χ0n) is 10.6. The maximum atomic E-state index is 12.9. The van der Waals surface area contributed by atoms with E-state index in [0.717, 1.165) is 6.07 Å². The molecule has 0 aliphatic rings. The highest BCUT2D eigenvalue weighted by molar-refractivity contribution is 5.73. The van der Waals surface area contributed by atoms with E-state index in [1.807, 2.05) is 6.07 Å². The zero-order valence-corrected chi connectivity index (χ0v) is 10.6. The van der Waals surface area contributed by atoms with Crippen LogP contribution in [0.3, 0.4) is 0 Å². The third kappa shape index (κ3) is 3.65. The lowest BCUT2D eigenvalue weighted by atomic mass is 10.0. The Balaban J connectivity index is 3.21. The maximum absolute atomic E-state index is 12.9. The van der Waals surface area contributed by atoms with E-state index in [2.05, 4.69) is 0 Å². The lowest BCUT2D eigenvalue weighted by Crippen LogP contribution is -2.10. The van der Waals surface area contributed by atoms with Crippen LogP contribution in [0.15, 0.2) is 12.1 Å². The molecule has 0 spiro atoms. The second kappa shape index (κ2) is 6.69. The fourth-order valence-corrected chi connectivity index (χ4v) is 1.62. The number of ether oxygens (including phenoxy) is 2. The highest BCUT2D eigenvalue weighted by Gasteiger charge is 2.19. The van der Waals surface area contributed by atoms with Crippen LogP contribution in [0, 0.1) is 11.3 Å². The van der Waals surface area contributed by atoms with Crippen molar-refractivity contribution >= 4 is 5.97 Å². The first kappa shape index (κ1) is 14.9. The van der Waals surface area contributed by atoms with E-state index in [-0.39, 0.29) is 35.5 Å². The SMILES string of the molecule is CCOC(=O)Cc1cc(C#N)c(OC)cc1C(F)F. The van der Waals surface area contributed by atoms with Crippen LogP contribution < -0.4 is 4.74 Å². The van der Waals surface area contributed by atoms with Gasteiger partial charge in [0.1, 0.15) is 11.8 Å². The summed E-state index contributed by atoms with van der Waals surface area (Å²) in [7, 11) is 1.29. The Bertz CT molecular complexity index is 509. The van der Waals surface area contributed by atoms with Gasteiger partial charge in [0, 0.05) is 5.56 Å². The predicted molar refractivity (Wildman–Crippen MR) is 63.0 cm³/mol. The number of carbonyl (C=O) groups excluding carboxylic acids is 1. The van der Waals surface area contributed by atoms with E-state index in [4.69, 9.17) is 14.7 Å². The summed E-state index contributed by atoms with van der Waals surface area (Å²) < 4.78 is 35.4. The van der Waals surface area contributed by atoms with Gasteiger partial charge in [0.15, 0.2) is 0 Å². The predicted octanol–water partition coefficient (Wildman–Crippen LogP) is 2.61. The van der Waals surface area contributed by atoms with Crippen LogP contribution in [-0.4, -0.2) is 19.7 Å². The van der Waals surface area contributed by atoms with Crippen molar-refractivity contribution in [2.75, 3.05) is 13.7 Å². The van der Waals surface area contributed by atoms with E-state index >= 15 is 0 Å². The largest absolute Gasteiger partial charge is 0.495 e. The van der Waals surface area contributed by atoms with Crippen molar-refractivity contribution in [3.05, 3.63) is 28.8 Å². The number of nitriles is 1. The first-order valence-electron chi connectivity index (χ1n) is 5.58. The topological polar surface area (TPSA) is 59.3 Å². The minimum absolute atomic E-state index is 0.0606. The van der Waals surface area contributed by atoms with E-state index in [0.29, 0.717) is 0 Å². The summed E-state index contributed by atoms with van der Waals surface area (Å²) in [4.78, 5) is 11.4. The molecule has 0 aliphatic carbocycles. The van der Waals surface area contributed by atoms with Crippen molar-refractivity contribution in [3.8, 4) is 11.8 Å². The van der Waals surface area contributed by atoms with Crippen molar-refractivity contribution in [2.24, 2.45) is 0 Å². The number of hydrogen-bond donors (Lipinski definition) is 0. The molecule has 1 aromatic carbocycles. The summed E-state index contributed by atoms with van der Waals surface area (Å²) in [6.45, 7) is 1.80. The number of rotatable bonds is 5. The van der Waals surface area contributed by atoms with Crippen LogP contribution in [-0.2, 0) is 16.0 Å². The average molecular weight is 269 g/mol. The second-order valence-corrected chi connectivity index (χ2v) is 3.65. The van der Waals surface area contributed by atoms with Crippen molar-refractivity contribution in [2.45, 2.75) is 19.8 Å². The number of benzene rings is 1. The van der Waals surface area contributed by atoms with Crippen LogP contribution >= 0.6 is 0 Å². The summed E-state index contributed by atoms with van der Waals surface area (Å²) in [5.41, 5.74) is -0.152. The molecule has 0 fully saturated rings. The molecule has 0 heterocycles. The normalized spacial score (nSPS) is 10.1. The molecular formula is C13H13F2NO3. The van der Waals surface area contributed by atoms with Gasteiger partial charge >= 0.3 is 5.97 Å². The maximum Gasteiger partial charge on any atom is 0.310 e. The van der Waals surface area contributed by atoms with Gasteiger partial charge in [0.2, 0.25) is 0 Å². The van der Waals surface area contributed by atoms with Gasteiger partial charge in [-0.05, 0) is 24.6 Å². The quantitative estimate of drug-likeness (QED) is 0.771. The van der Waals surface area contributed by atoms with Gasteiger partial charge < -0.3 is 9.47 Å². The molecule has 19 heavy (non-hydrogen) atoms. The van der Waals surface area contributed by atoms with Gasteiger partial charge in [-0.25, -0.2) is 8.78 Å². The monoisotopic (exact) mass is 269 g/mol. The summed E-state index contributed by atoms with van der Waals surface area (Å²) in [6.07, 6.45) is -3.06. The Morgan fingerprint density at radius 1 is 1.47 bits per heavy atom. The van der Waals surface area contributed by atoms with Gasteiger partial charge in [-0.15, -0.1) is 0 Å². The van der Waals surface area contributed by atoms with Crippen LogP contribution in [0.4, 0.5) is 8.78 Å². The number of nitrogens with zero attached hydrogens (tertiary/aromatic N) is 1. The summed E-state index contributed by atoms with van der Waals surface area (Å²) in [6, 6.07) is 4.15. The second-order valence-electron chi connectivity index (χ2n) is 3.65. The molecule has 0 atom stereocenters. The lowest BCUT2D eigenvalue weighted by molar-refractivity contribution is -0.142. The van der Waals surface area contributed by atoms with E-state index < -0.39 is 12.4 Å². The van der Waals surface area contributed by atoms with Crippen molar-refractivity contribution in [3.63, 3.8) is 0 Å². The van der Waals surface area contributed by atoms with Gasteiger partial charge in [0.05, 0.1) is 25.7 Å². The molecule has 102 valence electrons. The standard InChI is InChI=1S/C13H13F2NO3/c1-3-19-12(17)5-8-4-9(7-16)11(18-2)6-10(8)13(14)15/h4,6,13H,3,5H2,1-2H3. The number of esters is 1. The number of methoxy groups -OCH3 is 1. The van der Waals surface area contributed by atoms with Gasteiger partial charge in [-0.3, -0.25) is 4.79 Å². The molecule has 0 saturated carbocycles. The Kier molecular flexibility index (Phi) is 5.24. The van der Waals surface area contributed by atoms with E-state index in [1.165, 1.54) is 13.2 Å². The van der Waals surface area contributed by atoms with Crippen LogP contribution in [0.1, 0.15) is 30.0 Å². The third-order valence-electron chi connectivity index (χ3n) is 2.46. The molecule has 0 amide bonds. The zero-order chi connectivity index (χ0) is 14.4. The lowest BCUT2D eigenvalue weighted by Gasteiger charge is -2.12. The molecule has 6 heteroatoms. The highest BCUT2D eigenvalue weighted by Crippen LogP contribution is 2.30. The summed E-state index contributed by atoms with van der Waals surface area (Å²) >= 11 is 0. The average Bonchev–Trinajstić information content (AvgIpc) is 2.38. The highest BCUT2D eigenvalue weighted by atomic mass is 19.3. The van der Waals surface area contributed by atoms with Crippen LogP contribution in [0.2, 0.25) is 0 Å². The number of halogens is 2. The van der Waals surface area contributed by atoms with E-state index in [9.17, 15) is 13.6 Å².